The second-order valence-electron chi connectivity index (χ2n) is 2.73. The summed E-state index contributed by atoms with van der Waals surface area (Å²) in [5.41, 5.74) is 2.55. The summed E-state index contributed by atoms with van der Waals surface area (Å²) < 4.78 is 4.31. The van der Waals surface area contributed by atoms with Gasteiger partial charge in [0.05, 0.1) is 0 Å². The van der Waals surface area contributed by atoms with Crippen LogP contribution in [0, 0.1) is 0 Å². The highest BCUT2D eigenvalue weighted by Gasteiger charge is 1.91. The van der Waals surface area contributed by atoms with Crippen molar-refractivity contribution in [2.75, 3.05) is 0 Å². The van der Waals surface area contributed by atoms with Crippen LogP contribution < -0.4 is 4.76 Å². The van der Waals surface area contributed by atoms with Crippen LogP contribution in [-0.2, 0) is 0 Å². The molecule has 0 unspecified atom stereocenters. The molecule has 0 heterocycles. The Kier molecular flexibility index (Phi) is 4.97. The van der Waals surface area contributed by atoms with Crippen molar-refractivity contribution < 1.29 is 0 Å². The number of benzene rings is 2. The molecule has 0 bridgehead atoms. The fourth-order valence-electron chi connectivity index (χ4n) is 1.26. The maximum atomic E-state index is 4.31. The first-order chi connectivity index (χ1) is 6.97. The zero-order chi connectivity index (χ0) is 10.2. The number of hydrogen-bond acceptors (Lipinski definition) is 1. The minimum atomic E-state index is 1.28. The van der Waals surface area contributed by atoms with E-state index in [0.29, 0.717) is 0 Å². The quantitative estimate of drug-likeness (QED) is 0.769. The van der Waals surface area contributed by atoms with Crippen LogP contribution in [0.4, 0.5) is 0 Å². The summed E-state index contributed by atoms with van der Waals surface area (Å²) in [6.07, 6.45) is 0. The van der Waals surface area contributed by atoms with Crippen molar-refractivity contribution in [2.24, 2.45) is 4.76 Å². The Morgan fingerprint density at radius 2 is 0.857 bits per heavy atom. The highest BCUT2D eigenvalue weighted by Crippen LogP contribution is 2.17. The van der Waals surface area contributed by atoms with E-state index in [9.17, 15) is 0 Å². The maximum Gasteiger partial charge on any atom is 0.00554 e. The minimum Gasteiger partial charge on any atom is -0.270 e. The molecule has 2 aromatic rings. The van der Waals surface area contributed by atoms with Crippen LogP contribution in [0.15, 0.2) is 60.7 Å². The van der Waals surface area contributed by atoms with E-state index in [1.807, 2.05) is 12.1 Å². The molecule has 2 aromatic carbocycles. The topological polar surface area (TPSA) is 26.0 Å². The molecular weight excluding hydrogens is 238 g/mol. The first kappa shape index (κ1) is 11.0. The Morgan fingerprint density at radius 1 is 0.571 bits per heavy atom. The molecule has 0 aliphatic heterocycles. The number of nitrogens with two attached hydrogens (primary N) is 1. The van der Waals surface area contributed by atoms with Gasteiger partial charge in [-0.1, -0.05) is 60.7 Å². The molecule has 14 heavy (non-hydrogen) atoms. The summed E-state index contributed by atoms with van der Waals surface area (Å²) in [5, 5.41) is 0. The van der Waals surface area contributed by atoms with E-state index in [1.54, 1.807) is 0 Å². The van der Waals surface area contributed by atoms with E-state index in [1.165, 1.54) is 11.1 Å². The maximum absolute atomic E-state index is 4.31. The lowest BCUT2D eigenvalue weighted by Crippen LogP contribution is -1.73. The highest BCUT2D eigenvalue weighted by atomic mass is 79.9. The van der Waals surface area contributed by atoms with Crippen molar-refractivity contribution in [1.29, 1.82) is 0 Å². The van der Waals surface area contributed by atoms with E-state index >= 15 is 0 Å². The van der Waals surface area contributed by atoms with Crippen LogP contribution in [0.25, 0.3) is 11.1 Å². The van der Waals surface area contributed by atoms with Crippen molar-refractivity contribution in [3.05, 3.63) is 60.7 Å². The van der Waals surface area contributed by atoms with Gasteiger partial charge in [0.2, 0.25) is 0 Å². The Morgan fingerprint density at radius 3 is 1.14 bits per heavy atom. The third-order valence-corrected chi connectivity index (χ3v) is 1.88. The molecule has 0 spiro atoms. The molecule has 2 N–H and O–H groups in total. The zero-order valence-electron chi connectivity index (χ0n) is 7.73. The van der Waals surface area contributed by atoms with E-state index in [2.05, 4.69) is 69.4 Å². The van der Waals surface area contributed by atoms with E-state index in [0.717, 1.165) is 0 Å². The van der Waals surface area contributed by atoms with Gasteiger partial charge in [-0.2, -0.15) is 0 Å². The van der Waals surface area contributed by atoms with Crippen molar-refractivity contribution in [1.82, 2.24) is 0 Å². The van der Waals surface area contributed by atoms with Gasteiger partial charge in [-0.05, 0) is 11.1 Å². The molecule has 0 fully saturated rings. The lowest BCUT2D eigenvalue weighted by atomic mass is 10.1. The third-order valence-electron chi connectivity index (χ3n) is 1.88. The summed E-state index contributed by atoms with van der Waals surface area (Å²) in [6.45, 7) is 0. The summed E-state index contributed by atoms with van der Waals surface area (Å²) in [7, 11) is 0. The van der Waals surface area contributed by atoms with Crippen LogP contribution in [0.2, 0.25) is 0 Å². The van der Waals surface area contributed by atoms with Crippen LogP contribution in [0.5, 0.6) is 0 Å². The standard InChI is InChI=1S/C12H10.BrH2N/c1-3-7-11(8-4-1)12-9-5-2-6-10-12;1-2/h1-10H;2H2. The van der Waals surface area contributed by atoms with Gasteiger partial charge in [-0.3, -0.25) is 4.76 Å². The van der Waals surface area contributed by atoms with Gasteiger partial charge in [0, 0.05) is 16.1 Å². The fraction of sp³-hybridized carbons (Fsp3) is 0. The van der Waals surface area contributed by atoms with Gasteiger partial charge in [-0.15, -0.1) is 0 Å². The average Bonchev–Trinajstić information content (AvgIpc) is 2.34. The molecule has 2 heteroatoms. The summed E-state index contributed by atoms with van der Waals surface area (Å²) in [5.74, 6) is 0. The summed E-state index contributed by atoms with van der Waals surface area (Å²) in [4.78, 5) is 0. The predicted molar refractivity (Wildman–Crippen MR) is 65.0 cm³/mol. The smallest absolute Gasteiger partial charge is 0.00554 e. The lowest BCUT2D eigenvalue weighted by molar-refractivity contribution is 1.62. The van der Waals surface area contributed by atoms with E-state index in [4.69, 9.17) is 0 Å². The highest BCUT2D eigenvalue weighted by molar-refractivity contribution is 9.07. The molecule has 0 aliphatic rings. The molecule has 0 aliphatic carbocycles. The Bertz CT molecular complexity index is 308. The Labute approximate surface area is 92.9 Å². The number of rotatable bonds is 1. The van der Waals surface area contributed by atoms with Gasteiger partial charge in [0.1, 0.15) is 0 Å². The predicted octanol–water partition coefficient (Wildman–Crippen LogP) is 3.61. The molecule has 2 rings (SSSR count). The van der Waals surface area contributed by atoms with E-state index in [-0.39, 0.29) is 0 Å². The first-order valence-corrected chi connectivity index (χ1v) is 5.21. The molecular formula is C12H12BrN. The van der Waals surface area contributed by atoms with Crippen molar-refractivity contribution in [3.8, 4) is 11.1 Å². The van der Waals surface area contributed by atoms with E-state index < -0.39 is 0 Å². The van der Waals surface area contributed by atoms with Gasteiger partial charge in [-0.25, -0.2) is 0 Å². The minimum absolute atomic E-state index is 1.28. The normalized spacial score (nSPS) is 8.71. The Hall–Kier alpha value is -1.12. The second-order valence-corrected chi connectivity index (χ2v) is 2.73. The molecule has 0 amide bonds. The lowest BCUT2D eigenvalue weighted by Gasteiger charge is -1.98. The molecule has 0 radical (unpaired) electrons. The third kappa shape index (κ3) is 2.98. The van der Waals surface area contributed by atoms with Gasteiger partial charge < -0.3 is 0 Å². The zero-order valence-corrected chi connectivity index (χ0v) is 9.31. The van der Waals surface area contributed by atoms with Gasteiger partial charge in [0.25, 0.3) is 0 Å². The fourth-order valence-corrected chi connectivity index (χ4v) is 1.26. The SMILES string of the molecule is NBr.c1ccc(-c2ccccc2)cc1. The monoisotopic (exact) mass is 249 g/mol. The molecule has 1 nitrogen and oxygen atoms in total. The average molecular weight is 250 g/mol. The largest absolute Gasteiger partial charge is 0.270 e. The molecule has 0 saturated carbocycles. The van der Waals surface area contributed by atoms with Gasteiger partial charge >= 0.3 is 0 Å². The summed E-state index contributed by atoms with van der Waals surface area (Å²) in [6, 6.07) is 20.8. The van der Waals surface area contributed by atoms with Crippen molar-refractivity contribution >= 4 is 16.1 Å². The van der Waals surface area contributed by atoms with Crippen LogP contribution in [0.1, 0.15) is 0 Å². The van der Waals surface area contributed by atoms with Crippen LogP contribution in [0.3, 0.4) is 0 Å². The second kappa shape index (κ2) is 6.35. The van der Waals surface area contributed by atoms with Crippen molar-refractivity contribution in [2.45, 2.75) is 0 Å². The van der Waals surface area contributed by atoms with Crippen molar-refractivity contribution in [3.63, 3.8) is 0 Å². The molecule has 0 atom stereocenters. The van der Waals surface area contributed by atoms with Crippen LogP contribution in [-0.4, -0.2) is 0 Å². The first-order valence-electron chi connectivity index (χ1n) is 4.29. The number of halogens is 1. The molecule has 0 saturated heterocycles. The van der Waals surface area contributed by atoms with Gasteiger partial charge in [0.15, 0.2) is 0 Å². The number of hydrogen-bond donors (Lipinski definition) is 1. The molecule has 72 valence electrons. The summed E-state index contributed by atoms with van der Waals surface area (Å²) >= 11 is 2.44. The Balaban J connectivity index is 0.000000461. The molecule has 0 aromatic heterocycles. The van der Waals surface area contributed by atoms with Crippen LogP contribution >= 0.6 is 16.1 Å².